The Hall–Kier alpha value is -0.981. The maximum absolute atomic E-state index is 7.28. The van der Waals surface area contributed by atoms with Gasteiger partial charge in [0.2, 0.25) is 0 Å². The first kappa shape index (κ1) is 5.93. The normalized spacial score (nSPS) is 17.1. The maximum atomic E-state index is 7.28. The molecule has 1 heterocycles. The molecule has 0 amide bonds. The van der Waals surface area contributed by atoms with Crippen molar-refractivity contribution in [1.29, 1.82) is 0 Å². The van der Waals surface area contributed by atoms with Crippen LogP contribution in [-0.4, -0.2) is 4.98 Å². The molecule has 0 aliphatic carbocycles. The number of nitrogens with zero attached hydrogens (tertiary/aromatic N) is 1. The SMILES string of the molecule is [2H]C([2H])([2H])c1c[c-]c(-c2ccc(C([2H])([2H])[2H])cn2)cc1.[Ir]. The molecule has 1 aromatic carbocycles. The van der Waals surface area contributed by atoms with Gasteiger partial charge in [-0.05, 0) is 18.1 Å². The first-order valence-corrected chi connectivity index (χ1v) is 4.17. The molecule has 1 radical (unpaired) electrons. The first-order chi connectivity index (χ1) is 9.18. The molecule has 0 spiro atoms. The number of pyridine rings is 1. The van der Waals surface area contributed by atoms with E-state index in [-0.39, 0.29) is 31.2 Å². The number of hydrogen-bond donors (Lipinski definition) is 0. The van der Waals surface area contributed by atoms with E-state index in [0.29, 0.717) is 11.3 Å². The van der Waals surface area contributed by atoms with Crippen molar-refractivity contribution in [2.45, 2.75) is 13.7 Å². The second-order valence-corrected chi connectivity index (χ2v) is 2.92. The van der Waals surface area contributed by atoms with Crippen LogP contribution in [0.1, 0.15) is 19.4 Å². The van der Waals surface area contributed by atoms with Crippen LogP contribution in [0.15, 0.2) is 36.5 Å². The molecule has 2 rings (SSSR count). The van der Waals surface area contributed by atoms with Gasteiger partial charge in [0.05, 0.1) is 0 Å². The summed E-state index contributed by atoms with van der Waals surface area (Å²) in [6, 6.07) is 10.4. The van der Waals surface area contributed by atoms with Crippen LogP contribution >= 0.6 is 0 Å². The summed E-state index contributed by atoms with van der Waals surface area (Å²) in [4.78, 5) is 4.08. The van der Waals surface area contributed by atoms with Gasteiger partial charge in [-0.2, -0.15) is 0 Å². The van der Waals surface area contributed by atoms with Crippen molar-refractivity contribution < 1.29 is 28.3 Å². The molecule has 79 valence electrons. The van der Waals surface area contributed by atoms with Gasteiger partial charge in [-0.25, -0.2) is 0 Å². The molecule has 15 heavy (non-hydrogen) atoms. The van der Waals surface area contributed by atoms with Gasteiger partial charge in [0.15, 0.2) is 0 Å². The van der Waals surface area contributed by atoms with E-state index >= 15 is 0 Å². The summed E-state index contributed by atoms with van der Waals surface area (Å²) in [6.07, 6.45) is 1.30. The van der Waals surface area contributed by atoms with Gasteiger partial charge in [-0.15, -0.1) is 35.4 Å². The number of hydrogen-bond acceptors (Lipinski definition) is 1. The number of rotatable bonds is 1. The molecule has 1 aromatic heterocycles. The Labute approximate surface area is 112 Å². The topological polar surface area (TPSA) is 12.9 Å². The van der Waals surface area contributed by atoms with Crippen LogP contribution in [0, 0.1) is 19.8 Å². The molecule has 0 unspecified atom stereocenters. The van der Waals surface area contributed by atoms with E-state index < -0.39 is 13.7 Å². The standard InChI is InChI=1S/C13H12N.Ir/c1-10-3-6-12(7-4-10)13-8-5-11(2)9-14-13;/h3-6,8-9H,1-2H3;/q-1;/i1D3,2D3;. The van der Waals surface area contributed by atoms with Crippen LogP contribution in [0.5, 0.6) is 0 Å². The monoisotopic (exact) mass is 381 g/mol. The van der Waals surface area contributed by atoms with Crippen molar-refractivity contribution in [2.75, 3.05) is 0 Å². The van der Waals surface area contributed by atoms with E-state index in [1.165, 1.54) is 24.4 Å². The van der Waals surface area contributed by atoms with Gasteiger partial charge in [0.25, 0.3) is 0 Å². The average molecular weight is 380 g/mol. The summed E-state index contributed by atoms with van der Waals surface area (Å²) in [5.41, 5.74) is 1.55. The van der Waals surface area contributed by atoms with E-state index in [1.807, 2.05) is 0 Å². The van der Waals surface area contributed by atoms with Crippen LogP contribution in [0.2, 0.25) is 0 Å². The molecule has 1 nitrogen and oxygen atoms in total. The Kier molecular flexibility index (Phi) is 2.06. The van der Waals surface area contributed by atoms with Crippen LogP contribution in [-0.2, 0) is 20.1 Å². The van der Waals surface area contributed by atoms with Crippen LogP contribution < -0.4 is 0 Å². The third kappa shape index (κ3) is 2.98. The van der Waals surface area contributed by atoms with Gasteiger partial charge in [0, 0.05) is 34.5 Å². The largest absolute Gasteiger partial charge is 0.304 e. The Morgan fingerprint density at radius 2 is 1.93 bits per heavy atom. The molecular formula is C13H12IrN-. The van der Waals surface area contributed by atoms with Gasteiger partial charge in [0.1, 0.15) is 0 Å². The predicted molar refractivity (Wildman–Crippen MR) is 58.0 cm³/mol. The minimum absolute atomic E-state index is 0. The minimum atomic E-state index is -2.18. The van der Waals surface area contributed by atoms with E-state index in [2.05, 4.69) is 11.1 Å². The molecule has 0 N–H and O–H groups in total. The summed E-state index contributed by atoms with van der Waals surface area (Å²) in [5.74, 6) is 0. The number of aromatic nitrogens is 1. The first-order valence-electron chi connectivity index (χ1n) is 7.17. The molecule has 2 aromatic rings. The summed E-state index contributed by atoms with van der Waals surface area (Å²) in [6.45, 7) is -4.34. The molecule has 0 aliphatic rings. The molecule has 0 atom stereocenters. The molecule has 0 saturated heterocycles. The fraction of sp³-hybridized carbons (Fsp3) is 0.154. The molecule has 0 fully saturated rings. The van der Waals surface area contributed by atoms with Crippen molar-refractivity contribution in [2.24, 2.45) is 0 Å². The summed E-state index contributed by atoms with van der Waals surface area (Å²) >= 11 is 0. The molecule has 0 aliphatic heterocycles. The van der Waals surface area contributed by atoms with Crippen LogP contribution in [0.3, 0.4) is 0 Å². The second kappa shape index (κ2) is 5.20. The van der Waals surface area contributed by atoms with Crippen molar-refractivity contribution in [1.82, 2.24) is 4.98 Å². The molecule has 0 bridgehead atoms. The zero-order valence-electron chi connectivity index (χ0n) is 13.7. The Morgan fingerprint density at radius 3 is 2.47 bits per heavy atom. The molecule has 2 heteroatoms. The van der Waals surface area contributed by atoms with Gasteiger partial charge < -0.3 is 4.98 Å². The average Bonchev–Trinajstić information content (AvgIpc) is 2.37. The summed E-state index contributed by atoms with van der Waals surface area (Å²) in [7, 11) is 0. The zero-order chi connectivity index (χ0) is 15.0. The third-order valence-corrected chi connectivity index (χ3v) is 1.85. The fourth-order valence-corrected chi connectivity index (χ4v) is 1.14. The zero-order valence-corrected chi connectivity index (χ0v) is 10.1. The van der Waals surface area contributed by atoms with Gasteiger partial charge in [-0.1, -0.05) is 19.0 Å². The van der Waals surface area contributed by atoms with E-state index in [4.69, 9.17) is 8.22 Å². The third-order valence-electron chi connectivity index (χ3n) is 1.85. The van der Waals surface area contributed by atoms with Gasteiger partial charge in [-0.3, -0.25) is 0 Å². The Morgan fingerprint density at radius 1 is 1.13 bits per heavy atom. The van der Waals surface area contributed by atoms with Crippen LogP contribution in [0.25, 0.3) is 11.3 Å². The summed E-state index contributed by atoms with van der Waals surface area (Å²) < 4.78 is 43.6. The number of benzene rings is 1. The van der Waals surface area contributed by atoms with E-state index in [9.17, 15) is 0 Å². The quantitative estimate of drug-likeness (QED) is 0.693. The Balaban J connectivity index is 0.00000220. The van der Waals surface area contributed by atoms with Crippen molar-refractivity contribution in [3.63, 3.8) is 0 Å². The molecule has 0 saturated carbocycles. The van der Waals surface area contributed by atoms with E-state index in [1.54, 1.807) is 12.1 Å². The fourth-order valence-electron chi connectivity index (χ4n) is 1.14. The smallest absolute Gasteiger partial charge is 0.0280 e. The minimum Gasteiger partial charge on any atom is -0.304 e. The number of aryl methyl sites for hydroxylation is 2. The second-order valence-electron chi connectivity index (χ2n) is 2.92. The van der Waals surface area contributed by atoms with Gasteiger partial charge >= 0.3 is 0 Å². The van der Waals surface area contributed by atoms with E-state index in [0.717, 1.165) is 0 Å². The van der Waals surface area contributed by atoms with Crippen molar-refractivity contribution >= 4 is 0 Å². The summed E-state index contributed by atoms with van der Waals surface area (Å²) in [5, 5.41) is 0. The Bertz CT molecular complexity index is 531. The van der Waals surface area contributed by atoms with Crippen molar-refractivity contribution in [3.05, 3.63) is 53.7 Å². The maximum Gasteiger partial charge on any atom is 0.0280 e. The van der Waals surface area contributed by atoms with Crippen LogP contribution in [0.4, 0.5) is 0 Å². The predicted octanol–water partition coefficient (Wildman–Crippen LogP) is 3.16. The molecular weight excluding hydrogens is 362 g/mol. The van der Waals surface area contributed by atoms with Crippen molar-refractivity contribution in [3.8, 4) is 11.3 Å².